The molecule has 0 saturated carbocycles. The molecule has 0 amide bonds. The van der Waals surface area contributed by atoms with E-state index < -0.39 is 0 Å². The Morgan fingerprint density at radius 1 is 1.35 bits per heavy atom. The lowest BCUT2D eigenvalue weighted by molar-refractivity contribution is 0.0638. The lowest BCUT2D eigenvalue weighted by Crippen LogP contribution is -2.54. The van der Waals surface area contributed by atoms with E-state index in [9.17, 15) is 0 Å². The monoisotopic (exact) mass is 279 g/mol. The van der Waals surface area contributed by atoms with Crippen molar-refractivity contribution in [2.45, 2.75) is 46.1 Å². The van der Waals surface area contributed by atoms with Crippen molar-refractivity contribution in [3.8, 4) is 0 Å². The molecule has 1 aliphatic heterocycles. The molecular weight excluding hydrogens is 254 g/mol. The van der Waals surface area contributed by atoms with Crippen molar-refractivity contribution in [1.29, 1.82) is 0 Å². The minimum absolute atomic E-state index is 0.0858. The molecular formula is C14H25N5O. The SMILES string of the molecule is Cc1c(NN)nc(C(C)C)nc1N1CCOCC1(C)C. The first-order valence-electron chi connectivity index (χ1n) is 7.07. The van der Waals surface area contributed by atoms with E-state index >= 15 is 0 Å². The zero-order valence-electron chi connectivity index (χ0n) is 13.0. The quantitative estimate of drug-likeness (QED) is 0.649. The predicted octanol–water partition coefficient (Wildman–Crippen LogP) is 1.81. The maximum Gasteiger partial charge on any atom is 0.148 e. The topological polar surface area (TPSA) is 76.3 Å². The molecule has 3 N–H and O–H groups in total. The molecule has 2 rings (SSSR count). The fraction of sp³-hybridized carbons (Fsp3) is 0.714. The van der Waals surface area contributed by atoms with E-state index in [-0.39, 0.29) is 11.5 Å². The van der Waals surface area contributed by atoms with Crippen molar-refractivity contribution < 1.29 is 4.74 Å². The number of nitrogens with one attached hydrogen (secondary N) is 1. The Morgan fingerprint density at radius 3 is 2.60 bits per heavy atom. The standard InChI is InChI=1S/C14H25N5O/c1-9(2)11-16-12(18-15)10(3)13(17-11)19-6-7-20-8-14(19,4)5/h9H,6-8,15H2,1-5H3,(H,16,17,18). The summed E-state index contributed by atoms with van der Waals surface area (Å²) in [5.74, 6) is 8.31. The highest BCUT2D eigenvalue weighted by Gasteiger charge is 2.33. The molecule has 0 bridgehead atoms. The van der Waals surface area contributed by atoms with Crippen molar-refractivity contribution >= 4 is 11.6 Å². The van der Waals surface area contributed by atoms with Gasteiger partial charge in [-0.3, -0.25) is 0 Å². The van der Waals surface area contributed by atoms with Crippen LogP contribution >= 0.6 is 0 Å². The smallest absolute Gasteiger partial charge is 0.148 e. The van der Waals surface area contributed by atoms with Crippen LogP contribution in [0.4, 0.5) is 11.6 Å². The number of hydrogen-bond acceptors (Lipinski definition) is 6. The van der Waals surface area contributed by atoms with Gasteiger partial charge in [-0.25, -0.2) is 15.8 Å². The molecule has 6 heteroatoms. The Bertz CT molecular complexity index is 487. The second-order valence-electron chi connectivity index (χ2n) is 6.19. The van der Waals surface area contributed by atoms with Crippen LogP contribution in [0.15, 0.2) is 0 Å². The zero-order chi connectivity index (χ0) is 14.9. The van der Waals surface area contributed by atoms with Gasteiger partial charge in [0.15, 0.2) is 0 Å². The highest BCUT2D eigenvalue weighted by Crippen LogP contribution is 2.31. The fourth-order valence-electron chi connectivity index (χ4n) is 2.43. The average Bonchev–Trinajstić information content (AvgIpc) is 2.39. The van der Waals surface area contributed by atoms with Gasteiger partial charge in [-0.1, -0.05) is 13.8 Å². The first kappa shape index (κ1) is 15.0. The third-order valence-electron chi connectivity index (χ3n) is 3.69. The molecule has 1 aromatic heterocycles. The number of rotatable bonds is 3. The van der Waals surface area contributed by atoms with Crippen LogP contribution in [0, 0.1) is 6.92 Å². The summed E-state index contributed by atoms with van der Waals surface area (Å²) in [6, 6.07) is 0. The van der Waals surface area contributed by atoms with Gasteiger partial charge in [-0.2, -0.15) is 0 Å². The van der Waals surface area contributed by atoms with Crippen molar-refractivity contribution in [2.24, 2.45) is 5.84 Å². The normalized spacial score (nSPS) is 18.4. The number of nitrogens with two attached hydrogens (primary N) is 1. The number of morpholine rings is 1. The lowest BCUT2D eigenvalue weighted by Gasteiger charge is -2.43. The molecule has 0 aliphatic carbocycles. The maximum atomic E-state index is 5.60. The molecule has 0 aromatic carbocycles. The van der Waals surface area contributed by atoms with Gasteiger partial charge in [0.1, 0.15) is 17.5 Å². The van der Waals surface area contributed by atoms with Crippen LogP contribution in [0.5, 0.6) is 0 Å². The van der Waals surface area contributed by atoms with E-state index in [1.807, 2.05) is 6.92 Å². The first-order chi connectivity index (χ1) is 9.36. The van der Waals surface area contributed by atoms with E-state index in [0.29, 0.717) is 12.4 Å². The molecule has 1 aliphatic rings. The maximum absolute atomic E-state index is 5.60. The Kier molecular flexibility index (Phi) is 4.15. The van der Waals surface area contributed by atoms with E-state index in [4.69, 9.17) is 15.6 Å². The number of nitrogen functional groups attached to an aromatic ring is 1. The summed E-state index contributed by atoms with van der Waals surface area (Å²) in [7, 11) is 0. The van der Waals surface area contributed by atoms with Crippen LogP contribution in [-0.2, 0) is 4.74 Å². The van der Waals surface area contributed by atoms with Crippen molar-refractivity contribution in [3.63, 3.8) is 0 Å². The predicted molar refractivity (Wildman–Crippen MR) is 80.9 cm³/mol. The van der Waals surface area contributed by atoms with Gasteiger partial charge in [0.05, 0.1) is 18.8 Å². The second-order valence-corrected chi connectivity index (χ2v) is 6.19. The van der Waals surface area contributed by atoms with Crippen LogP contribution in [0.1, 0.15) is 45.0 Å². The van der Waals surface area contributed by atoms with Gasteiger partial charge in [-0.15, -0.1) is 0 Å². The molecule has 1 aromatic rings. The summed E-state index contributed by atoms with van der Waals surface area (Å²) in [4.78, 5) is 11.5. The minimum Gasteiger partial charge on any atom is -0.377 e. The van der Waals surface area contributed by atoms with Gasteiger partial charge in [0.2, 0.25) is 0 Å². The zero-order valence-corrected chi connectivity index (χ0v) is 13.0. The van der Waals surface area contributed by atoms with Gasteiger partial charge >= 0.3 is 0 Å². The number of aromatic nitrogens is 2. The Morgan fingerprint density at radius 2 is 2.05 bits per heavy atom. The van der Waals surface area contributed by atoms with E-state index in [1.54, 1.807) is 0 Å². The van der Waals surface area contributed by atoms with E-state index in [1.165, 1.54) is 0 Å². The molecule has 0 spiro atoms. The summed E-state index contributed by atoms with van der Waals surface area (Å²) >= 11 is 0. The number of nitrogens with zero attached hydrogens (tertiary/aromatic N) is 3. The summed E-state index contributed by atoms with van der Waals surface area (Å²) in [5, 5.41) is 0. The molecule has 112 valence electrons. The van der Waals surface area contributed by atoms with Crippen molar-refractivity contribution in [1.82, 2.24) is 9.97 Å². The van der Waals surface area contributed by atoms with Crippen LogP contribution in [0.2, 0.25) is 0 Å². The van der Waals surface area contributed by atoms with Crippen LogP contribution in [0.25, 0.3) is 0 Å². The largest absolute Gasteiger partial charge is 0.377 e. The highest BCUT2D eigenvalue weighted by molar-refractivity contribution is 5.59. The highest BCUT2D eigenvalue weighted by atomic mass is 16.5. The van der Waals surface area contributed by atoms with Gasteiger partial charge in [0, 0.05) is 18.0 Å². The number of hydrazine groups is 1. The molecule has 1 fully saturated rings. The average molecular weight is 279 g/mol. The molecule has 2 heterocycles. The summed E-state index contributed by atoms with van der Waals surface area (Å²) in [6.07, 6.45) is 0. The number of ether oxygens (including phenoxy) is 1. The summed E-state index contributed by atoms with van der Waals surface area (Å²) in [5.41, 5.74) is 3.58. The van der Waals surface area contributed by atoms with Gasteiger partial charge < -0.3 is 15.1 Å². The lowest BCUT2D eigenvalue weighted by atomic mass is 10.0. The van der Waals surface area contributed by atoms with Gasteiger partial charge in [0.25, 0.3) is 0 Å². The molecule has 1 saturated heterocycles. The minimum atomic E-state index is -0.0858. The number of hydrogen-bond donors (Lipinski definition) is 2. The van der Waals surface area contributed by atoms with Gasteiger partial charge in [-0.05, 0) is 20.8 Å². The fourth-order valence-corrected chi connectivity index (χ4v) is 2.43. The molecule has 0 atom stereocenters. The molecule has 6 nitrogen and oxygen atoms in total. The molecule has 0 radical (unpaired) electrons. The Labute approximate surface area is 120 Å². The first-order valence-corrected chi connectivity index (χ1v) is 7.07. The van der Waals surface area contributed by atoms with E-state index in [2.05, 4.69) is 43.0 Å². The van der Waals surface area contributed by atoms with Crippen LogP contribution in [-0.4, -0.2) is 35.3 Å². The summed E-state index contributed by atoms with van der Waals surface area (Å²) in [6.45, 7) is 12.7. The summed E-state index contributed by atoms with van der Waals surface area (Å²) < 4.78 is 5.59. The molecule has 0 unspecified atom stereocenters. The van der Waals surface area contributed by atoms with Crippen LogP contribution < -0.4 is 16.2 Å². The van der Waals surface area contributed by atoms with Crippen molar-refractivity contribution in [3.05, 3.63) is 11.4 Å². The number of anilines is 2. The Hall–Kier alpha value is -1.40. The Balaban J connectivity index is 2.51. The van der Waals surface area contributed by atoms with E-state index in [0.717, 1.165) is 30.4 Å². The second kappa shape index (κ2) is 5.54. The third kappa shape index (κ3) is 2.71. The van der Waals surface area contributed by atoms with Crippen molar-refractivity contribution in [2.75, 3.05) is 30.1 Å². The van der Waals surface area contributed by atoms with Crippen LogP contribution in [0.3, 0.4) is 0 Å². The third-order valence-corrected chi connectivity index (χ3v) is 3.69. The molecule has 20 heavy (non-hydrogen) atoms.